The van der Waals surface area contributed by atoms with Crippen LogP contribution in [0.4, 0.5) is 11.4 Å². The van der Waals surface area contributed by atoms with Crippen LogP contribution in [-0.2, 0) is 0 Å². The van der Waals surface area contributed by atoms with Crippen LogP contribution in [0.25, 0.3) is 0 Å². The monoisotopic (exact) mass is 274 g/mol. The van der Waals surface area contributed by atoms with Crippen LogP contribution in [0.1, 0.15) is 0 Å². The molecule has 2 aromatic carbocycles. The van der Waals surface area contributed by atoms with E-state index in [-0.39, 0.29) is 0 Å². The maximum atomic E-state index is 5.88. The highest BCUT2D eigenvalue weighted by Crippen LogP contribution is 2.13. The highest BCUT2D eigenvalue weighted by atomic mass is 35.5. The summed E-state index contributed by atoms with van der Waals surface area (Å²) < 4.78 is 0. The number of anilines is 2. The van der Waals surface area contributed by atoms with Gasteiger partial charge in [0.2, 0.25) is 0 Å². The van der Waals surface area contributed by atoms with E-state index in [4.69, 9.17) is 11.6 Å². The van der Waals surface area contributed by atoms with Gasteiger partial charge in [-0.25, -0.2) is 0 Å². The molecular formula is C16H19ClN2. The summed E-state index contributed by atoms with van der Waals surface area (Å²) in [5.41, 5.74) is 2.37. The Morgan fingerprint density at radius 2 is 1.47 bits per heavy atom. The number of hydrogen-bond donors (Lipinski definition) is 1. The third-order valence-electron chi connectivity index (χ3n) is 2.96. The van der Waals surface area contributed by atoms with Crippen molar-refractivity contribution in [2.24, 2.45) is 0 Å². The molecule has 0 spiro atoms. The van der Waals surface area contributed by atoms with E-state index in [0.717, 1.165) is 25.3 Å². The standard InChI is InChI=1S/C16H19ClN2/c17-11-13-19(16-9-5-2-6-10-16)14-12-18-15-7-3-1-4-8-15/h1-10,18H,11-14H2. The molecule has 0 amide bonds. The molecule has 19 heavy (non-hydrogen) atoms. The van der Waals surface area contributed by atoms with Crippen molar-refractivity contribution in [1.82, 2.24) is 0 Å². The summed E-state index contributed by atoms with van der Waals surface area (Å²) in [7, 11) is 0. The molecule has 1 N–H and O–H groups in total. The Bertz CT molecular complexity index is 459. The van der Waals surface area contributed by atoms with Crippen molar-refractivity contribution in [3.05, 3.63) is 60.7 Å². The maximum absolute atomic E-state index is 5.88. The van der Waals surface area contributed by atoms with E-state index in [1.807, 2.05) is 24.3 Å². The van der Waals surface area contributed by atoms with Gasteiger partial charge in [-0.1, -0.05) is 36.4 Å². The van der Waals surface area contributed by atoms with E-state index in [1.54, 1.807) is 0 Å². The van der Waals surface area contributed by atoms with Gasteiger partial charge in [-0.15, -0.1) is 11.6 Å². The molecule has 2 rings (SSSR count). The first-order valence-electron chi connectivity index (χ1n) is 6.55. The average molecular weight is 275 g/mol. The SMILES string of the molecule is ClCCN(CCNc1ccccc1)c1ccccc1. The lowest BCUT2D eigenvalue weighted by atomic mass is 10.3. The van der Waals surface area contributed by atoms with Crippen molar-refractivity contribution < 1.29 is 0 Å². The van der Waals surface area contributed by atoms with E-state index in [2.05, 4.69) is 46.6 Å². The molecule has 0 radical (unpaired) electrons. The molecule has 0 saturated heterocycles. The van der Waals surface area contributed by atoms with Gasteiger partial charge in [0, 0.05) is 36.9 Å². The van der Waals surface area contributed by atoms with Gasteiger partial charge in [-0.3, -0.25) is 0 Å². The third kappa shape index (κ3) is 4.49. The van der Waals surface area contributed by atoms with Crippen molar-refractivity contribution in [2.75, 3.05) is 35.7 Å². The predicted molar refractivity (Wildman–Crippen MR) is 84.3 cm³/mol. The number of nitrogens with zero attached hydrogens (tertiary/aromatic N) is 1. The largest absolute Gasteiger partial charge is 0.383 e. The molecular weight excluding hydrogens is 256 g/mol. The molecule has 0 aliphatic rings. The summed E-state index contributed by atoms with van der Waals surface area (Å²) >= 11 is 5.88. The van der Waals surface area contributed by atoms with Crippen LogP contribution in [0.3, 0.4) is 0 Å². The Labute approximate surface area is 120 Å². The summed E-state index contributed by atoms with van der Waals surface area (Å²) in [5, 5.41) is 3.42. The molecule has 0 atom stereocenters. The minimum Gasteiger partial charge on any atom is -0.383 e. The van der Waals surface area contributed by atoms with Crippen molar-refractivity contribution in [3.8, 4) is 0 Å². The summed E-state index contributed by atoms with van der Waals surface area (Å²) in [6.07, 6.45) is 0. The lowest BCUT2D eigenvalue weighted by molar-refractivity contribution is 0.838. The summed E-state index contributed by atoms with van der Waals surface area (Å²) in [5.74, 6) is 0.639. The second kappa shape index (κ2) is 7.70. The molecule has 0 aliphatic heterocycles. The summed E-state index contributed by atoms with van der Waals surface area (Å²) in [6.45, 7) is 2.70. The number of hydrogen-bond acceptors (Lipinski definition) is 2. The molecule has 0 heterocycles. The number of para-hydroxylation sites is 2. The molecule has 2 nitrogen and oxygen atoms in total. The van der Waals surface area contributed by atoms with E-state index in [1.165, 1.54) is 5.69 Å². The fourth-order valence-electron chi connectivity index (χ4n) is 2.00. The Morgan fingerprint density at radius 3 is 2.11 bits per heavy atom. The van der Waals surface area contributed by atoms with Gasteiger partial charge >= 0.3 is 0 Å². The minimum atomic E-state index is 0.639. The Balaban J connectivity index is 1.87. The van der Waals surface area contributed by atoms with Crippen molar-refractivity contribution in [1.29, 1.82) is 0 Å². The van der Waals surface area contributed by atoms with Crippen molar-refractivity contribution in [2.45, 2.75) is 0 Å². The zero-order valence-corrected chi connectivity index (χ0v) is 11.7. The van der Waals surface area contributed by atoms with Gasteiger partial charge in [0.05, 0.1) is 0 Å². The van der Waals surface area contributed by atoms with Crippen LogP contribution in [0, 0.1) is 0 Å². The topological polar surface area (TPSA) is 15.3 Å². The van der Waals surface area contributed by atoms with Crippen LogP contribution in [0.5, 0.6) is 0 Å². The van der Waals surface area contributed by atoms with Crippen LogP contribution in [0.15, 0.2) is 60.7 Å². The first-order chi connectivity index (χ1) is 9.40. The number of nitrogens with one attached hydrogen (secondary N) is 1. The fraction of sp³-hybridized carbons (Fsp3) is 0.250. The minimum absolute atomic E-state index is 0.639. The summed E-state index contributed by atoms with van der Waals surface area (Å²) in [6, 6.07) is 20.6. The van der Waals surface area contributed by atoms with E-state index in [0.29, 0.717) is 5.88 Å². The molecule has 0 aliphatic carbocycles. The first kappa shape index (κ1) is 13.8. The number of rotatable bonds is 7. The van der Waals surface area contributed by atoms with E-state index in [9.17, 15) is 0 Å². The van der Waals surface area contributed by atoms with Crippen molar-refractivity contribution in [3.63, 3.8) is 0 Å². The molecule has 0 bridgehead atoms. The normalized spacial score (nSPS) is 10.2. The van der Waals surface area contributed by atoms with E-state index < -0.39 is 0 Å². The van der Waals surface area contributed by atoms with Crippen LogP contribution < -0.4 is 10.2 Å². The van der Waals surface area contributed by atoms with Gasteiger partial charge in [-0.05, 0) is 24.3 Å². The van der Waals surface area contributed by atoms with E-state index >= 15 is 0 Å². The zero-order valence-electron chi connectivity index (χ0n) is 10.9. The van der Waals surface area contributed by atoms with Crippen molar-refractivity contribution >= 4 is 23.0 Å². The molecule has 2 aromatic rings. The van der Waals surface area contributed by atoms with Gasteiger partial charge in [0.1, 0.15) is 0 Å². The second-order valence-electron chi connectivity index (χ2n) is 4.30. The second-order valence-corrected chi connectivity index (χ2v) is 4.68. The van der Waals surface area contributed by atoms with Crippen LogP contribution >= 0.6 is 11.6 Å². The number of halogens is 1. The molecule has 0 fully saturated rings. The van der Waals surface area contributed by atoms with Crippen LogP contribution in [-0.4, -0.2) is 25.5 Å². The molecule has 100 valence electrons. The maximum Gasteiger partial charge on any atom is 0.0399 e. The van der Waals surface area contributed by atoms with Gasteiger partial charge in [0.25, 0.3) is 0 Å². The van der Waals surface area contributed by atoms with Gasteiger partial charge in [0.15, 0.2) is 0 Å². The van der Waals surface area contributed by atoms with Gasteiger partial charge in [-0.2, -0.15) is 0 Å². The average Bonchev–Trinajstić information content (AvgIpc) is 2.48. The lowest BCUT2D eigenvalue weighted by Crippen LogP contribution is -2.30. The fourth-order valence-corrected chi connectivity index (χ4v) is 2.21. The molecule has 0 aromatic heterocycles. The molecule has 0 unspecified atom stereocenters. The highest BCUT2D eigenvalue weighted by Gasteiger charge is 2.04. The highest BCUT2D eigenvalue weighted by molar-refractivity contribution is 6.18. The van der Waals surface area contributed by atoms with Crippen LogP contribution in [0.2, 0.25) is 0 Å². The quantitative estimate of drug-likeness (QED) is 0.772. The lowest BCUT2D eigenvalue weighted by Gasteiger charge is -2.24. The first-order valence-corrected chi connectivity index (χ1v) is 7.08. The smallest absolute Gasteiger partial charge is 0.0399 e. The number of benzene rings is 2. The van der Waals surface area contributed by atoms with Gasteiger partial charge < -0.3 is 10.2 Å². The predicted octanol–water partition coefficient (Wildman–Crippen LogP) is 3.84. The Kier molecular flexibility index (Phi) is 5.57. The Hall–Kier alpha value is -1.67. The third-order valence-corrected chi connectivity index (χ3v) is 3.13. The number of alkyl halides is 1. The summed E-state index contributed by atoms with van der Waals surface area (Å²) in [4.78, 5) is 2.29. The molecule has 3 heteroatoms. The zero-order chi connectivity index (χ0) is 13.3. The molecule has 0 saturated carbocycles. The Morgan fingerprint density at radius 1 is 0.842 bits per heavy atom.